The quantitative estimate of drug-likeness (QED) is 0.707. The molecule has 3 rings (SSSR count). The maximum atomic E-state index is 12.4. The lowest BCUT2D eigenvalue weighted by Crippen LogP contribution is -2.23. The SMILES string of the molecule is CC(=O)N(c1ccc(C(=O)Nc2ccccc2N)cc1)c1ccccn1. The molecule has 0 aliphatic carbocycles. The zero-order valence-electron chi connectivity index (χ0n) is 14.2. The number of amides is 2. The van der Waals surface area contributed by atoms with Crippen molar-refractivity contribution in [2.75, 3.05) is 16.0 Å². The number of nitrogens with zero attached hydrogens (tertiary/aromatic N) is 2. The number of para-hydroxylation sites is 2. The number of hydrogen-bond acceptors (Lipinski definition) is 4. The molecule has 6 nitrogen and oxygen atoms in total. The molecule has 0 bridgehead atoms. The Bertz CT molecular complexity index is 924. The Morgan fingerprint density at radius 3 is 2.27 bits per heavy atom. The molecule has 0 fully saturated rings. The van der Waals surface area contributed by atoms with Gasteiger partial charge in [-0.15, -0.1) is 0 Å². The summed E-state index contributed by atoms with van der Waals surface area (Å²) < 4.78 is 0. The van der Waals surface area contributed by atoms with Crippen LogP contribution in [0.2, 0.25) is 0 Å². The second kappa shape index (κ2) is 7.48. The summed E-state index contributed by atoms with van der Waals surface area (Å²) in [6.07, 6.45) is 1.62. The highest BCUT2D eigenvalue weighted by atomic mass is 16.2. The van der Waals surface area contributed by atoms with E-state index < -0.39 is 0 Å². The van der Waals surface area contributed by atoms with E-state index >= 15 is 0 Å². The van der Waals surface area contributed by atoms with E-state index in [1.165, 1.54) is 11.8 Å². The summed E-state index contributed by atoms with van der Waals surface area (Å²) in [5, 5.41) is 2.77. The van der Waals surface area contributed by atoms with Crippen LogP contribution < -0.4 is 16.0 Å². The van der Waals surface area contributed by atoms with Gasteiger partial charge in [0.2, 0.25) is 5.91 Å². The molecule has 2 amide bonds. The average molecular weight is 346 g/mol. The number of carbonyl (C=O) groups excluding carboxylic acids is 2. The molecule has 0 radical (unpaired) electrons. The van der Waals surface area contributed by atoms with Crippen LogP contribution in [-0.2, 0) is 4.79 Å². The van der Waals surface area contributed by atoms with Gasteiger partial charge in [0.05, 0.1) is 17.1 Å². The zero-order valence-corrected chi connectivity index (χ0v) is 14.2. The van der Waals surface area contributed by atoms with Crippen LogP contribution in [-0.4, -0.2) is 16.8 Å². The van der Waals surface area contributed by atoms with Crippen molar-refractivity contribution in [3.05, 3.63) is 78.5 Å². The number of rotatable bonds is 4. The van der Waals surface area contributed by atoms with Gasteiger partial charge in [-0.3, -0.25) is 14.5 Å². The van der Waals surface area contributed by atoms with Crippen molar-refractivity contribution < 1.29 is 9.59 Å². The van der Waals surface area contributed by atoms with Crippen molar-refractivity contribution in [1.29, 1.82) is 0 Å². The Balaban J connectivity index is 1.82. The third kappa shape index (κ3) is 3.70. The van der Waals surface area contributed by atoms with Crippen LogP contribution in [0.15, 0.2) is 72.9 Å². The molecule has 1 heterocycles. The van der Waals surface area contributed by atoms with Gasteiger partial charge in [0, 0.05) is 18.7 Å². The Morgan fingerprint density at radius 2 is 1.65 bits per heavy atom. The smallest absolute Gasteiger partial charge is 0.255 e. The molecule has 2 aromatic carbocycles. The van der Waals surface area contributed by atoms with Gasteiger partial charge in [-0.25, -0.2) is 4.98 Å². The number of benzene rings is 2. The summed E-state index contributed by atoms with van der Waals surface area (Å²) in [5.41, 5.74) is 7.99. The van der Waals surface area contributed by atoms with Gasteiger partial charge in [0.25, 0.3) is 5.91 Å². The third-order valence-electron chi connectivity index (χ3n) is 3.79. The van der Waals surface area contributed by atoms with Crippen LogP contribution in [0.5, 0.6) is 0 Å². The van der Waals surface area contributed by atoms with E-state index in [1.807, 2.05) is 6.07 Å². The highest BCUT2D eigenvalue weighted by Crippen LogP contribution is 2.24. The summed E-state index contributed by atoms with van der Waals surface area (Å²) in [6.45, 7) is 1.47. The minimum atomic E-state index is -0.276. The maximum Gasteiger partial charge on any atom is 0.255 e. The van der Waals surface area contributed by atoms with E-state index in [2.05, 4.69) is 10.3 Å². The van der Waals surface area contributed by atoms with Crippen LogP contribution in [0, 0.1) is 0 Å². The fourth-order valence-electron chi connectivity index (χ4n) is 2.53. The maximum absolute atomic E-state index is 12.4. The molecular formula is C20H18N4O2. The molecule has 0 aliphatic rings. The van der Waals surface area contributed by atoms with E-state index in [4.69, 9.17) is 5.73 Å². The molecule has 0 atom stereocenters. The van der Waals surface area contributed by atoms with Crippen molar-refractivity contribution in [2.45, 2.75) is 6.92 Å². The first-order valence-electron chi connectivity index (χ1n) is 8.04. The topological polar surface area (TPSA) is 88.3 Å². The largest absolute Gasteiger partial charge is 0.397 e. The summed E-state index contributed by atoms with van der Waals surface area (Å²) in [4.78, 5) is 30.1. The molecule has 6 heteroatoms. The van der Waals surface area contributed by atoms with Crippen LogP contribution >= 0.6 is 0 Å². The monoisotopic (exact) mass is 346 g/mol. The fraction of sp³-hybridized carbons (Fsp3) is 0.0500. The molecule has 0 aliphatic heterocycles. The van der Waals surface area contributed by atoms with Crippen LogP contribution in [0.1, 0.15) is 17.3 Å². The normalized spacial score (nSPS) is 10.2. The second-order valence-electron chi connectivity index (χ2n) is 5.63. The number of aromatic nitrogens is 1. The van der Waals surface area contributed by atoms with E-state index in [9.17, 15) is 9.59 Å². The molecule has 1 aromatic heterocycles. The van der Waals surface area contributed by atoms with Crippen molar-refractivity contribution >= 4 is 34.7 Å². The third-order valence-corrected chi connectivity index (χ3v) is 3.79. The van der Waals surface area contributed by atoms with E-state index in [1.54, 1.807) is 66.9 Å². The highest BCUT2D eigenvalue weighted by Gasteiger charge is 2.16. The Labute approximate surface area is 151 Å². The number of nitrogens with one attached hydrogen (secondary N) is 1. The molecule has 3 aromatic rings. The molecule has 3 N–H and O–H groups in total. The summed E-state index contributed by atoms with van der Waals surface area (Å²) in [5.74, 6) is 0.0777. The number of pyridine rings is 1. The first-order valence-corrected chi connectivity index (χ1v) is 8.04. The Hall–Kier alpha value is -3.67. The van der Waals surface area contributed by atoms with Gasteiger partial charge in [-0.2, -0.15) is 0 Å². The molecule has 0 saturated carbocycles. The van der Waals surface area contributed by atoms with Gasteiger partial charge in [-0.1, -0.05) is 18.2 Å². The fourth-order valence-corrected chi connectivity index (χ4v) is 2.53. The van der Waals surface area contributed by atoms with Crippen molar-refractivity contribution in [3.63, 3.8) is 0 Å². The molecule has 0 unspecified atom stereocenters. The number of anilines is 4. The molecule has 26 heavy (non-hydrogen) atoms. The van der Waals surface area contributed by atoms with E-state index in [0.29, 0.717) is 28.4 Å². The lowest BCUT2D eigenvalue weighted by atomic mass is 10.1. The van der Waals surface area contributed by atoms with E-state index in [-0.39, 0.29) is 11.8 Å². The number of hydrogen-bond donors (Lipinski definition) is 2. The number of nitrogens with two attached hydrogens (primary N) is 1. The lowest BCUT2D eigenvalue weighted by molar-refractivity contribution is -0.115. The van der Waals surface area contributed by atoms with Gasteiger partial charge in [-0.05, 0) is 48.5 Å². The predicted molar refractivity (Wildman–Crippen MR) is 102 cm³/mol. The number of carbonyl (C=O) groups is 2. The summed E-state index contributed by atoms with van der Waals surface area (Å²) in [7, 11) is 0. The minimum absolute atomic E-state index is 0.169. The second-order valence-corrected chi connectivity index (χ2v) is 5.63. The highest BCUT2D eigenvalue weighted by molar-refractivity contribution is 6.06. The Morgan fingerprint density at radius 1 is 0.962 bits per heavy atom. The van der Waals surface area contributed by atoms with Crippen LogP contribution in [0.25, 0.3) is 0 Å². The van der Waals surface area contributed by atoms with Crippen molar-refractivity contribution in [3.8, 4) is 0 Å². The van der Waals surface area contributed by atoms with Crippen molar-refractivity contribution in [1.82, 2.24) is 4.98 Å². The zero-order chi connectivity index (χ0) is 18.5. The first kappa shape index (κ1) is 17.2. The number of nitrogen functional groups attached to an aromatic ring is 1. The molecule has 0 spiro atoms. The molecule has 130 valence electrons. The van der Waals surface area contributed by atoms with Gasteiger partial charge in [0.1, 0.15) is 5.82 Å². The van der Waals surface area contributed by atoms with Crippen LogP contribution in [0.3, 0.4) is 0 Å². The molecular weight excluding hydrogens is 328 g/mol. The Kier molecular flexibility index (Phi) is 4.94. The van der Waals surface area contributed by atoms with Gasteiger partial charge < -0.3 is 11.1 Å². The minimum Gasteiger partial charge on any atom is -0.397 e. The molecule has 0 saturated heterocycles. The predicted octanol–water partition coefficient (Wildman–Crippen LogP) is 3.60. The standard InChI is InChI=1S/C20H18N4O2/c1-14(25)24(19-8-4-5-13-22-19)16-11-9-15(10-12-16)20(26)23-18-7-3-2-6-17(18)21/h2-13H,21H2,1H3,(H,23,26). The van der Waals surface area contributed by atoms with E-state index in [0.717, 1.165) is 0 Å². The average Bonchev–Trinajstić information content (AvgIpc) is 2.65. The van der Waals surface area contributed by atoms with Crippen LogP contribution in [0.4, 0.5) is 22.9 Å². The first-order chi connectivity index (χ1) is 12.6. The lowest BCUT2D eigenvalue weighted by Gasteiger charge is -2.20. The summed E-state index contributed by atoms with van der Waals surface area (Å²) in [6, 6.07) is 19.1. The van der Waals surface area contributed by atoms with Gasteiger partial charge >= 0.3 is 0 Å². The summed E-state index contributed by atoms with van der Waals surface area (Å²) >= 11 is 0. The van der Waals surface area contributed by atoms with Gasteiger partial charge in [0.15, 0.2) is 0 Å². The van der Waals surface area contributed by atoms with Crippen molar-refractivity contribution in [2.24, 2.45) is 0 Å².